The van der Waals surface area contributed by atoms with Crippen LogP contribution in [0.25, 0.3) is 0 Å². The van der Waals surface area contributed by atoms with Crippen molar-refractivity contribution in [2.24, 2.45) is 0 Å². The van der Waals surface area contributed by atoms with Gasteiger partial charge in [0.2, 0.25) is 0 Å². The van der Waals surface area contributed by atoms with Gasteiger partial charge >= 0.3 is 6.09 Å². The first-order valence-electron chi connectivity index (χ1n) is 7.18. The summed E-state index contributed by atoms with van der Waals surface area (Å²) in [4.78, 5) is 16.4. The van der Waals surface area contributed by atoms with Gasteiger partial charge in [0.15, 0.2) is 0 Å². The summed E-state index contributed by atoms with van der Waals surface area (Å²) in [5.74, 6) is 0. The van der Waals surface area contributed by atoms with Gasteiger partial charge in [-0.15, -0.1) is 0 Å². The monoisotopic (exact) mass is 254 g/mol. The number of piperidine rings is 1. The second kappa shape index (κ2) is 5.47. The molecule has 2 rings (SSSR count). The number of hydrogen-bond donors (Lipinski definition) is 0. The Morgan fingerprint density at radius 1 is 1.11 bits per heavy atom. The van der Waals surface area contributed by atoms with E-state index in [1.807, 2.05) is 25.7 Å². The maximum atomic E-state index is 12.0. The highest BCUT2D eigenvalue weighted by Crippen LogP contribution is 2.21. The largest absolute Gasteiger partial charge is 0.444 e. The van der Waals surface area contributed by atoms with Crippen molar-refractivity contribution < 1.29 is 9.53 Å². The molecule has 2 saturated heterocycles. The van der Waals surface area contributed by atoms with Gasteiger partial charge in [0.25, 0.3) is 0 Å². The van der Waals surface area contributed by atoms with Crippen LogP contribution in [0.2, 0.25) is 0 Å². The van der Waals surface area contributed by atoms with Crippen LogP contribution in [0, 0.1) is 0 Å². The second-order valence-corrected chi connectivity index (χ2v) is 6.47. The lowest BCUT2D eigenvalue weighted by Gasteiger charge is -2.32. The molecule has 0 bridgehead atoms. The van der Waals surface area contributed by atoms with Crippen LogP contribution in [0.5, 0.6) is 0 Å². The maximum Gasteiger partial charge on any atom is 0.410 e. The standard InChI is InChI=1S/C14H26N2O2/c1-14(2,3)18-13(17)16-10-7-12(11-16)15-8-5-4-6-9-15/h12H,4-11H2,1-3H3/t12-/m0/s1. The number of rotatable bonds is 1. The lowest BCUT2D eigenvalue weighted by atomic mass is 10.1. The third kappa shape index (κ3) is 3.61. The number of amides is 1. The van der Waals surface area contributed by atoms with Gasteiger partial charge in [-0.05, 0) is 53.1 Å². The van der Waals surface area contributed by atoms with E-state index in [1.165, 1.54) is 32.4 Å². The van der Waals surface area contributed by atoms with Crippen LogP contribution >= 0.6 is 0 Å². The molecule has 0 aromatic carbocycles. The predicted octanol–water partition coefficient (Wildman–Crippen LogP) is 2.48. The van der Waals surface area contributed by atoms with E-state index in [9.17, 15) is 4.79 Å². The third-order valence-corrected chi connectivity index (χ3v) is 3.72. The van der Waals surface area contributed by atoms with E-state index >= 15 is 0 Å². The smallest absolute Gasteiger partial charge is 0.410 e. The first kappa shape index (κ1) is 13.7. The Morgan fingerprint density at radius 2 is 1.78 bits per heavy atom. The zero-order valence-electron chi connectivity index (χ0n) is 11.9. The molecular weight excluding hydrogens is 228 g/mol. The van der Waals surface area contributed by atoms with Crippen LogP contribution in [-0.2, 0) is 4.74 Å². The molecule has 2 fully saturated rings. The molecular formula is C14H26N2O2. The van der Waals surface area contributed by atoms with E-state index in [2.05, 4.69) is 4.90 Å². The van der Waals surface area contributed by atoms with Gasteiger partial charge < -0.3 is 9.64 Å². The number of carbonyl (C=O) groups excluding carboxylic acids is 1. The molecule has 4 nitrogen and oxygen atoms in total. The van der Waals surface area contributed by atoms with Crippen molar-refractivity contribution in [2.45, 2.75) is 58.1 Å². The first-order chi connectivity index (χ1) is 8.46. The summed E-state index contributed by atoms with van der Waals surface area (Å²) in [6, 6.07) is 0.554. The van der Waals surface area contributed by atoms with E-state index in [0.29, 0.717) is 6.04 Å². The Bertz CT molecular complexity index is 293. The molecule has 0 spiro atoms. The zero-order chi connectivity index (χ0) is 13.2. The summed E-state index contributed by atoms with van der Waals surface area (Å²) in [7, 11) is 0. The topological polar surface area (TPSA) is 32.8 Å². The normalized spacial score (nSPS) is 26.4. The van der Waals surface area contributed by atoms with Crippen LogP contribution in [-0.4, -0.2) is 53.7 Å². The summed E-state index contributed by atoms with van der Waals surface area (Å²) < 4.78 is 5.43. The van der Waals surface area contributed by atoms with Crippen molar-refractivity contribution in [1.82, 2.24) is 9.80 Å². The Morgan fingerprint density at radius 3 is 2.39 bits per heavy atom. The summed E-state index contributed by atoms with van der Waals surface area (Å²) in [6.45, 7) is 9.85. The van der Waals surface area contributed by atoms with E-state index in [4.69, 9.17) is 4.74 Å². The van der Waals surface area contributed by atoms with Gasteiger partial charge in [-0.25, -0.2) is 4.79 Å². The van der Waals surface area contributed by atoms with Gasteiger partial charge in [-0.2, -0.15) is 0 Å². The van der Waals surface area contributed by atoms with Gasteiger partial charge in [-0.1, -0.05) is 6.42 Å². The summed E-state index contributed by atoms with van der Waals surface area (Å²) in [5, 5.41) is 0. The lowest BCUT2D eigenvalue weighted by molar-refractivity contribution is 0.0277. The van der Waals surface area contributed by atoms with Gasteiger partial charge in [0.1, 0.15) is 5.60 Å². The Labute approximate surface area is 110 Å². The van der Waals surface area contributed by atoms with E-state index < -0.39 is 0 Å². The molecule has 0 radical (unpaired) electrons. The second-order valence-electron chi connectivity index (χ2n) is 6.47. The fourth-order valence-corrected chi connectivity index (χ4v) is 2.82. The Balaban J connectivity index is 1.82. The van der Waals surface area contributed by atoms with Crippen LogP contribution < -0.4 is 0 Å². The van der Waals surface area contributed by atoms with Crippen LogP contribution in [0.4, 0.5) is 4.79 Å². The minimum absolute atomic E-state index is 0.151. The summed E-state index contributed by atoms with van der Waals surface area (Å²) >= 11 is 0. The number of hydrogen-bond acceptors (Lipinski definition) is 3. The lowest BCUT2D eigenvalue weighted by Crippen LogP contribution is -2.42. The molecule has 104 valence electrons. The van der Waals surface area contributed by atoms with Crippen molar-refractivity contribution in [1.29, 1.82) is 0 Å². The van der Waals surface area contributed by atoms with E-state index in [-0.39, 0.29) is 11.7 Å². The molecule has 18 heavy (non-hydrogen) atoms. The van der Waals surface area contributed by atoms with E-state index in [0.717, 1.165) is 19.5 Å². The fourth-order valence-electron chi connectivity index (χ4n) is 2.82. The van der Waals surface area contributed by atoms with Crippen molar-refractivity contribution in [2.75, 3.05) is 26.2 Å². The first-order valence-corrected chi connectivity index (χ1v) is 7.18. The fraction of sp³-hybridized carbons (Fsp3) is 0.929. The molecule has 0 aromatic heterocycles. The molecule has 4 heteroatoms. The Hall–Kier alpha value is -0.770. The highest BCUT2D eigenvalue weighted by Gasteiger charge is 2.33. The number of likely N-dealkylation sites (tertiary alicyclic amines) is 2. The van der Waals surface area contributed by atoms with Crippen molar-refractivity contribution >= 4 is 6.09 Å². The molecule has 0 N–H and O–H groups in total. The predicted molar refractivity (Wildman–Crippen MR) is 71.6 cm³/mol. The molecule has 0 aliphatic carbocycles. The minimum Gasteiger partial charge on any atom is -0.444 e. The van der Waals surface area contributed by atoms with Gasteiger partial charge in [-0.3, -0.25) is 4.90 Å². The molecule has 0 unspecified atom stereocenters. The van der Waals surface area contributed by atoms with Gasteiger partial charge in [0.05, 0.1) is 0 Å². The molecule has 2 aliphatic rings. The number of nitrogens with zero attached hydrogens (tertiary/aromatic N) is 2. The number of carbonyl (C=O) groups is 1. The van der Waals surface area contributed by atoms with E-state index in [1.54, 1.807) is 0 Å². The van der Waals surface area contributed by atoms with Crippen LogP contribution in [0.1, 0.15) is 46.5 Å². The average molecular weight is 254 g/mol. The molecule has 0 saturated carbocycles. The highest BCUT2D eigenvalue weighted by molar-refractivity contribution is 5.68. The Kier molecular flexibility index (Phi) is 4.15. The van der Waals surface area contributed by atoms with Crippen molar-refractivity contribution in [3.63, 3.8) is 0 Å². The van der Waals surface area contributed by atoms with Crippen LogP contribution in [0.15, 0.2) is 0 Å². The van der Waals surface area contributed by atoms with Crippen LogP contribution in [0.3, 0.4) is 0 Å². The quantitative estimate of drug-likeness (QED) is 0.720. The summed E-state index contributed by atoms with van der Waals surface area (Å²) in [6.07, 6.45) is 4.92. The average Bonchev–Trinajstić information content (AvgIpc) is 2.77. The third-order valence-electron chi connectivity index (χ3n) is 3.72. The molecule has 2 aliphatic heterocycles. The highest BCUT2D eigenvalue weighted by atomic mass is 16.6. The zero-order valence-corrected chi connectivity index (χ0v) is 11.9. The molecule has 1 amide bonds. The SMILES string of the molecule is CC(C)(C)OC(=O)N1CC[C@H](N2CCCCC2)C1. The van der Waals surface area contributed by atoms with Crippen molar-refractivity contribution in [3.8, 4) is 0 Å². The summed E-state index contributed by atoms with van der Waals surface area (Å²) in [5.41, 5.74) is -0.389. The minimum atomic E-state index is -0.389. The number of ether oxygens (including phenoxy) is 1. The molecule has 0 aromatic rings. The molecule has 1 atom stereocenters. The van der Waals surface area contributed by atoms with Crippen molar-refractivity contribution in [3.05, 3.63) is 0 Å². The maximum absolute atomic E-state index is 12.0. The molecule has 2 heterocycles. The van der Waals surface area contributed by atoms with Gasteiger partial charge in [0, 0.05) is 19.1 Å².